The van der Waals surface area contributed by atoms with Gasteiger partial charge in [0.2, 0.25) is 0 Å². The largest absolute Gasteiger partial charge is 0.508 e. The van der Waals surface area contributed by atoms with E-state index in [-0.39, 0.29) is 17.4 Å². The Kier molecular flexibility index (Phi) is 7.74. The molecule has 0 spiro atoms. The fraction of sp³-hybridized carbons (Fsp3) is 0.296. The number of aliphatic hydroxyl groups excluding tert-OH is 1. The van der Waals surface area contributed by atoms with Crippen LogP contribution in [0.3, 0.4) is 0 Å². The molecule has 0 aliphatic heterocycles. The first-order valence-electron chi connectivity index (χ1n) is 11.0. The number of aliphatic hydroxyl groups is 1. The lowest BCUT2D eigenvalue weighted by Crippen LogP contribution is -2.35. The van der Waals surface area contributed by atoms with Crippen molar-refractivity contribution < 1.29 is 24.9 Å². The van der Waals surface area contributed by atoms with Crippen LogP contribution in [0.5, 0.6) is 11.5 Å². The summed E-state index contributed by atoms with van der Waals surface area (Å²) in [7, 11) is 0. The van der Waals surface area contributed by atoms with E-state index in [9.17, 15) is 20.1 Å². The monoisotopic (exact) mass is 449 g/mol. The quantitative estimate of drug-likeness (QED) is 0.351. The van der Waals surface area contributed by atoms with Crippen molar-refractivity contribution in [3.8, 4) is 22.6 Å². The maximum absolute atomic E-state index is 11.2. The molecule has 174 valence electrons. The maximum atomic E-state index is 11.2. The molecule has 0 saturated carbocycles. The molecule has 3 aromatic carbocycles. The summed E-state index contributed by atoms with van der Waals surface area (Å²) in [5, 5.41) is 32.3. The summed E-state index contributed by atoms with van der Waals surface area (Å²) in [5.74, 6) is 0.0653. The average Bonchev–Trinajstić information content (AvgIpc) is 2.77. The minimum Gasteiger partial charge on any atom is -0.508 e. The zero-order valence-corrected chi connectivity index (χ0v) is 19.4. The number of rotatable bonds is 9. The molecular formula is C27H31NO5. The van der Waals surface area contributed by atoms with Crippen molar-refractivity contribution in [2.24, 2.45) is 0 Å². The number of hydrogen-bond acceptors (Lipinski definition) is 5. The smallest absolute Gasteiger partial charge is 0.335 e. The Balaban J connectivity index is 1.61. The number of phenolic OH excluding ortho intramolecular Hbond substituents is 1. The van der Waals surface area contributed by atoms with E-state index in [4.69, 9.17) is 4.74 Å². The lowest BCUT2D eigenvalue weighted by molar-refractivity contribution is 0.0696. The van der Waals surface area contributed by atoms with Crippen LogP contribution in [-0.4, -0.2) is 40.5 Å². The second-order valence-corrected chi connectivity index (χ2v) is 8.40. The lowest BCUT2D eigenvalue weighted by Gasteiger charge is -2.21. The van der Waals surface area contributed by atoms with Crippen LogP contribution < -0.4 is 10.1 Å². The molecule has 0 unspecified atom stereocenters. The molecule has 2 atom stereocenters. The van der Waals surface area contributed by atoms with E-state index in [0.29, 0.717) is 13.2 Å². The molecule has 0 aliphatic rings. The maximum Gasteiger partial charge on any atom is 0.335 e. The number of hydrogen-bond donors (Lipinski definition) is 4. The van der Waals surface area contributed by atoms with Gasteiger partial charge in [0.15, 0.2) is 0 Å². The Morgan fingerprint density at radius 2 is 1.61 bits per heavy atom. The number of carbonyl (C=O) groups is 1. The molecule has 0 fully saturated rings. The summed E-state index contributed by atoms with van der Waals surface area (Å²) >= 11 is 0. The fourth-order valence-corrected chi connectivity index (χ4v) is 3.97. The number of ether oxygens (including phenoxy) is 1. The first-order valence-corrected chi connectivity index (χ1v) is 11.0. The second-order valence-electron chi connectivity index (χ2n) is 8.40. The predicted octanol–water partition coefficient (Wildman–Crippen LogP) is 4.77. The van der Waals surface area contributed by atoms with Gasteiger partial charge in [-0.1, -0.05) is 18.2 Å². The number of carboxylic acids is 1. The third kappa shape index (κ3) is 5.92. The Morgan fingerprint density at radius 1 is 0.970 bits per heavy atom. The minimum atomic E-state index is -0.931. The van der Waals surface area contributed by atoms with E-state index in [1.54, 1.807) is 36.4 Å². The summed E-state index contributed by atoms with van der Waals surface area (Å²) in [6.07, 6.45) is -0.691. The lowest BCUT2D eigenvalue weighted by atomic mass is 9.95. The van der Waals surface area contributed by atoms with Crippen molar-refractivity contribution in [1.82, 2.24) is 5.32 Å². The minimum absolute atomic E-state index is 0.171. The normalized spacial score (nSPS) is 12.9. The Bertz CT molecular complexity index is 1100. The summed E-state index contributed by atoms with van der Waals surface area (Å²) in [6, 6.07) is 15.6. The van der Waals surface area contributed by atoms with Crippen molar-refractivity contribution in [3.63, 3.8) is 0 Å². The highest BCUT2D eigenvalue weighted by Crippen LogP contribution is 2.32. The molecule has 6 heteroatoms. The van der Waals surface area contributed by atoms with Crippen molar-refractivity contribution in [2.75, 3.05) is 13.2 Å². The van der Waals surface area contributed by atoms with Crippen LogP contribution in [0, 0.1) is 20.8 Å². The molecule has 3 aromatic rings. The number of nitrogens with one attached hydrogen (secondary N) is 1. The highest BCUT2D eigenvalue weighted by atomic mass is 16.5. The number of benzene rings is 3. The SMILES string of the molecule is Cc1cc(C(=O)O)ccc1-c1cc(C)c(OCCN[C@@H](C)[C@@H](O)c2ccc(O)cc2)c(C)c1. The first kappa shape index (κ1) is 24.3. The topological polar surface area (TPSA) is 99.0 Å². The molecule has 0 bridgehead atoms. The van der Waals surface area contributed by atoms with Crippen molar-refractivity contribution in [3.05, 3.63) is 82.4 Å². The first-order chi connectivity index (χ1) is 15.7. The van der Waals surface area contributed by atoms with Crippen LogP contribution in [0.25, 0.3) is 11.1 Å². The van der Waals surface area contributed by atoms with Gasteiger partial charge in [-0.05, 0) is 97.5 Å². The van der Waals surface area contributed by atoms with Crippen LogP contribution >= 0.6 is 0 Å². The highest BCUT2D eigenvalue weighted by Gasteiger charge is 2.16. The standard InChI is InChI=1S/C27H31NO5/c1-16-13-21(27(31)32)7-10-24(16)22-14-17(2)26(18(3)15-22)33-12-11-28-19(4)25(30)20-5-8-23(29)9-6-20/h5-10,13-15,19,25,28-30H,11-12H2,1-4H3,(H,31,32)/t19-,25+/m0/s1. The number of aromatic carboxylic acids is 1. The predicted molar refractivity (Wildman–Crippen MR) is 129 cm³/mol. The van der Waals surface area contributed by atoms with Gasteiger partial charge in [0, 0.05) is 12.6 Å². The van der Waals surface area contributed by atoms with Crippen LogP contribution in [0.1, 0.15) is 45.6 Å². The van der Waals surface area contributed by atoms with Gasteiger partial charge in [0.25, 0.3) is 0 Å². The van der Waals surface area contributed by atoms with E-state index in [1.165, 1.54) is 0 Å². The van der Waals surface area contributed by atoms with Gasteiger partial charge < -0.3 is 25.4 Å². The molecule has 0 heterocycles. The van der Waals surface area contributed by atoms with Crippen molar-refractivity contribution in [1.29, 1.82) is 0 Å². The van der Waals surface area contributed by atoms with E-state index in [2.05, 4.69) is 17.4 Å². The number of aryl methyl sites for hydroxylation is 3. The zero-order valence-electron chi connectivity index (χ0n) is 19.4. The van der Waals surface area contributed by atoms with Gasteiger partial charge in [0.1, 0.15) is 18.1 Å². The van der Waals surface area contributed by atoms with Crippen LogP contribution in [0.4, 0.5) is 0 Å². The van der Waals surface area contributed by atoms with E-state index < -0.39 is 12.1 Å². The molecule has 33 heavy (non-hydrogen) atoms. The van der Waals surface area contributed by atoms with Crippen LogP contribution in [0.15, 0.2) is 54.6 Å². The molecule has 4 N–H and O–H groups in total. The Labute approximate surface area is 194 Å². The van der Waals surface area contributed by atoms with E-state index >= 15 is 0 Å². The van der Waals surface area contributed by atoms with Crippen LogP contribution in [-0.2, 0) is 0 Å². The summed E-state index contributed by atoms with van der Waals surface area (Å²) in [6.45, 7) is 8.82. The number of aromatic hydroxyl groups is 1. The average molecular weight is 450 g/mol. The van der Waals surface area contributed by atoms with Gasteiger partial charge in [0.05, 0.1) is 11.7 Å². The third-order valence-electron chi connectivity index (χ3n) is 5.77. The van der Waals surface area contributed by atoms with E-state index in [1.807, 2.05) is 33.8 Å². The molecule has 0 aromatic heterocycles. The Morgan fingerprint density at radius 3 is 2.18 bits per heavy atom. The zero-order chi connectivity index (χ0) is 24.1. The van der Waals surface area contributed by atoms with Gasteiger partial charge in [-0.3, -0.25) is 0 Å². The van der Waals surface area contributed by atoms with Crippen LogP contribution in [0.2, 0.25) is 0 Å². The fourth-order valence-electron chi connectivity index (χ4n) is 3.97. The highest BCUT2D eigenvalue weighted by molar-refractivity contribution is 5.89. The summed E-state index contributed by atoms with van der Waals surface area (Å²) in [4.78, 5) is 11.2. The van der Waals surface area contributed by atoms with Gasteiger partial charge in [-0.15, -0.1) is 0 Å². The molecule has 0 saturated heterocycles. The molecule has 0 amide bonds. The molecular weight excluding hydrogens is 418 g/mol. The molecule has 0 aliphatic carbocycles. The molecule has 0 radical (unpaired) electrons. The van der Waals surface area contributed by atoms with Gasteiger partial charge in [-0.2, -0.15) is 0 Å². The Hall–Kier alpha value is -3.35. The second kappa shape index (κ2) is 10.5. The summed E-state index contributed by atoms with van der Waals surface area (Å²) < 4.78 is 6.04. The third-order valence-corrected chi connectivity index (χ3v) is 5.77. The van der Waals surface area contributed by atoms with E-state index in [0.717, 1.165) is 39.1 Å². The molecule has 6 nitrogen and oxygen atoms in total. The van der Waals surface area contributed by atoms with Crippen molar-refractivity contribution in [2.45, 2.75) is 39.8 Å². The van der Waals surface area contributed by atoms with Gasteiger partial charge in [-0.25, -0.2) is 4.79 Å². The molecule has 3 rings (SSSR count). The summed E-state index contributed by atoms with van der Waals surface area (Å²) in [5.41, 5.74) is 5.96. The number of carboxylic acid groups (broad SMARTS) is 1. The number of phenols is 1. The van der Waals surface area contributed by atoms with Gasteiger partial charge >= 0.3 is 5.97 Å². The van der Waals surface area contributed by atoms with Crippen molar-refractivity contribution >= 4 is 5.97 Å².